The molecule has 0 bridgehead atoms. The van der Waals surface area contributed by atoms with Gasteiger partial charge in [-0.15, -0.1) is 0 Å². The third kappa shape index (κ3) is 2.82. The Labute approximate surface area is 151 Å². The number of nitrogens with zero attached hydrogens (tertiary/aromatic N) is 1. The van der Waals surface area contributed by atoms with E-state index in [1.165, 1.54) is 0 Å². The van der Waals surface area contributed by atoms with Crippen molar-refractivity contribution >= 4 is 32.3 Å². The van der Waals surface area contributed by atoms with Crippen LogP contribution in [-0.2, 0) is 16.4 Å². The second-order valence-electron chi connectivity index (χ2n) is 6.32. The lowest BCUT2D eigenvalue weighted by Crippen LogP contribution is -2.24. The molecule has 0 fully saturated rings. The molecular formula is C19H17ClN2O2S. The first kappa shape index (κ1) is 16.5. The summed E-state index contributed by atoms with van der Waals surface area (Å²) in [6.45, 7) is 2.81. The summed E-state index contributed by atoms with van der Waals surface area (Å²) in [5.74, 6) is 0. The van der Waals surface area contributed by atoms with Crippen LogP contribution in [0.3, 0.4) is 0 Å². The number of pyridine rings is 1. The molecule has 128 valence electrons. The highest BCUT2D eigenvalue weighted by molar-refractivity contribution is 7.91. The molecule has 0 amide bonds. The Morgan fingerprint density at radius 3 is 2.80 bits per heavy atom. The maximum atomic E-state index is 13.2. The molecular weight excluding hydrogens is 356 g/mol. The summed E-state index contributed by atoms with van der Waals surface area (Å²) in [6.07, 6.45) is 0. The summed E-state index contributed by atoms with van der Waals surface area (Å²) in [5.41, 5.74) is 3.06. The van der Waals surface area contributed by atoms with Crippen LogP contribution in [0.2, 0.25) is 5.02 Å². The predicted octanol–water partition coefficient (Wildman–Crippen LogP) is 3.81. The molecule has 0 saturated heterocycles. The number of hydrogen-bond acceptors (Lipinski definition) is 4. The molecule has 2 heterocycles. The molecule has 2 aromatic carbocycles. The Morgan fingerprint density at radius 2 is 1.96 bits per heavy atom. The fraction of sp³-hybridized carbons (Fsp3) is 0.211. The molecule has 0 saturated carbocycles. The maximum Gasteiger partial charge on any atom is 0.188 e. The third-order valence-corrected chi connectivity index (χ3v) is 7.04. The van der Waals surface area contributed by atoms with E-state index in [4.69, 9.17) is 11.6 Å². The molecule has 1 aliphatic rings. The Hall–Kier alpha value is -1.95. The van der Waals surface area contributed by atoms with E-state index >= 15 is 0 Å². The van der Waals surface area contributed by atoms with Crippen molar-refractivity contribution in [3.05, 3.63) is 70.4 Å². The van der Waals surface area contributed by atoms with Gasteiger partial charge in [0.2, 0.25) is 0 Å². The lowest BCUT2D eigenvalue weighted by atomic mass is 10.1. The molecule has 1 atom stereocenters. The first-order valence-corrected chi connectivity index (χ1v) is 9.98. The van der Waals surface area contributed by atoms with E-state index in [1.54, 1.807) is 18.2 Å². The van der Waals surface area contributed by atoms with Crippen molar-refractivity contribution in [3.8, 4) is 0 Å². The van der Waals surface area contributed by atoms with Crippen LogP contribution in [0.4, 0.5) is 0 Å². The van der Waals surface area contributed by atoms with Gasteiger partial charge in [0.05, 0.1) is 21.1 Å². The number of hydrogen-bond donors (Lipinski definition) is 1. The zero-order valence-electron chi connectivity index (χ0n) is 13.7. The largest absolute Gasteiger partial charge is 0.311 e. The number of aryl methyl sites for hydroxylation is 1. The Balaban J connectivity index is 1.90. The van der Waals surface area contributed by atoms with Gasteiger partial charge in [0.1, 0.15) is 5.25 Å². The van der Waals surface area contributed by atoms with Gasteiger partial charge in [0.15, 0.2) is 9.84 Å². The van der Waals surface area contributed by atoms with E-state index in [0.29, 0.717) is 34.2 Å². The molecule has 4 nitrogen and oxygen atoms in total. The highest BCUT2D eigenvalue weighted by atomic mass is 35.5. The lowest BCUT2D eigenvalue weighted by molar-refractivity contribution is 0.575. The van der Waals surface area contributed by atoms with Crippen LogP contribution < -0.4 is 5.32 Å². The van der Waals surface area contributed by atoms with Gasteiger partial charge in [-0.2, -0.15) is 0 Å². The Bertz CT molecular complexity index is 1080. The number of sulfone groups is 1. The molecule has 1 aliphatic heterocycles. The molecule has 3 aromatic rings. The van der Waals surface area contributed by atoms with Crippen LogP contribution in [-0.4, -0.2) is 19.9 Å². The van der Waals surface area contributed by atoms with Crippen molar-refractivity contribution in [2.75, 3.05) is 6.54 Å². The molecule has 6 heteroatoms. The fourth-order valence-electron chi connectivity index (χ4n) is 3.27. The summed E-state index contributed by atoms with van der Waals surface area (Å²) in [6, 6.07) is 14.6. The normalized spacial score (nSPS) is 19.4. The standard InChI is InChI=1S/C19H17ClN2O2S/c1-12-6-7-16-14(8-12)15(20)9-17(22-16)19-11-21-10-13-4-2-3-5-18(13)25(19,23)24/h2-9,19,21H,10-11H2,1H3. The minimum Gasteiger partial charge on any atom is -0.311 e. The van der Waals surface area contributed by atoms with E-state index < -0.39 is 15.1 Å². The number of halogens is 1. The van der Waals surface area contributed by atoms with Gasteiger partial charge in [0, 0.05) is 18.5 Å². The first-order valence-electron chi connectivity index (χ1n) is 8.06. The zero-order valence-corrected chi connectivity index (χ0v) is 15.2. The zero-order chi connectivity index (χ0) is 17.6. The van der Waals surface area contributed by atoms with Crippen molar-refractivity contribution in [1.29, 1.82) is 0 Å². The van der Waals surface area contributed by atoms with Gasteiger partial charge in [-0.3, -0.25) is 4.98 Å². The molecule has 0 spiro atoms. The van der Waals surface area contributed by atoms with E-state index in [-0.39, 0.29) is 0 Å². The van der Waals surface area contributed by atoms with Crippen LogP contribution in [0, 0.1) is 6.92 Å². The second kappa shape index (κ2) is 6.09. The summed E-state index contributed by atoms with van der Waals surface area (Å²) in [5, 5.41) is 3.82. The van der Waals surface area contributed by atoms with Crippen molar-refractivity contribution in [1.82, 2.24) is 10.3 Å². The van der Waals surface area contributed by atoms with Crippen molar-refractivity contribution < 1.29 is 8.42 Å². The quantitative estimate of drug-likeness (QED) is 0.705. The summed E-state index contributed by atoms with van der Waals surface area (Å²) < 4.78 is 26.4. The van der Waals surface area contributed by atoms with Crippen molar-refractivity contribution in [2.45, 2.75) is 23.6 Å². The first-order chi connectivity index (χ1) is 12.0. The SMILES string of the molecule is Cc1ccc2nc(C3CNCc4ccccc4S3(=O)=O)cc(Cl)c2c1. The summed E-state index contributed by atoms with van der Waals surface area (Å²) in [4.78, 5) is 4.97. The number of rotatable bonds is 1. The van der Waals surface area contributed by atoms with E-state index in [0.717, 1.165) is 16.5 Å². The van der Waals surface area contributed by atoms with Gasteiger partial charge in [0.25, 0.3) is 0 Å². The van der Waals surface area contributed by atoms with E-state index in [9.17, 15) is 8.42 Å². The minimum absolute atomic E-state index is 0.303. The molecule has 1 aromatic heterocycles. The monoisotopic (exact) mass is 372 g/mol. The van der Waals surface area contributed by atoms with Gasteiger partial charge in [-0.25, -0.2) is 8.42 Å². The highest BCUT2D eigenvalue weighted by Crippen LogP contribution is 2.34. The van der Waals surface area contributed by atoms with Crippen LogP contribution >= 0.6 is 11.6 Å². The van der Waals surface area contributed by atoms with Gasteiger partial charge in [-0.05, 0) is 36.8 Å². The number of benzene rings is 2. The average molecular weight is 373 g/mol. The van der Waals surface area contributed by atoms with Crippen LogP contribution in [0.1, 0.15) is 22.1 Å². The maximum absolute atomic E-state index is 13.2. The van der Waals surface area contributed by atoms with Crippen LogP contribution in [0.5, 0.6) is 0 Å². The lowest BCUT2D eigenvalue weighted by Gasteiger charge is -2.16. The van der Waals surface area contributed by atoms with Crippen LogP contribution in [0.15, 0.2) is 53.4 Å². The summed E-state index contributed by atoms with van der Waals surface area (Å²) >= 11 is 6.43. The van der Waals surface area contributed by atoms with Gasteiger partial charge >= 0.3 is 0 Å². The molecule has 25 heavy (non-hydrogen) atoms. The Kier molecular flexibility index (Phi) is 4.02. The van der Waals surface area contributed by atoms with Gasteiger partial charge < -0.3 is 5.32 Å². The number of fused-ring (bicyclic) bond motifs is 2. The minimum atomic E-state index is -3.55. The predicted molar refractivity (Wildman–Crippen MR) is 99.6 cm³/mol. The molecule has 0 aliphatic carbocycles. The molecule has 1 unspecified atom stereocenters. The van der Waals surface area contributed by atoms with Crippen molar-refractivity contribution in [3.63, 3.8) is 0 Å². The van der Waals surface area contributed by atoms with Gasteiger partial charge in [-0.1, -0.05) is 41.4 Å². The fourth-order valence-corrected chi connectivity index (χ4v) is 5.39. The molecule has 0 radical (unpaired) electrons. The second-order valence-corrected chi connectivity index (χ2v) is 8.83. The molecule has 1 N–H and O–H groups in total. The third-order valence-electron chi connectivity index (χ3n) is 4.56. The molecule has 4 rings (SSSR count). The number of nitrogens with one attached hydrogen (secondary N) is 1. The topological polar surface area (TPSA) is 59.1 Å². The van der Waals surface area contributed by atoms with E-state index in [2.05, 4.69) is 10.3 Å². The van der Waals surface area contributed by atoms with Crippen molar-refractivity contribution in [2.24, 2.45) is 0 Å². The summed E-state index contributed by atoms with van der Waals surface area (Å²) in [7, 11) is -3.55. The van der Waals surface area contributed by atoms with E-state index in [1.807, 2.05) is 37.3 Å². The smallest absolute Gasteiger partial charge is 0.188 e. The number of aromatic nitrogens is 1. The van der Waals surface area contributed by atoms with Crippen LogP contribution in [0.25, 0.3) is 10.9 Å². The average Bonchev–Trinajstić information content (AvgIpc) is 2.72. The Morgan fingerprint density at radius 1 is 1.16 bits per heavy atom. The highest BCUT2D eigenvalue weighted by Gasteiger charge is 2.34.